The van der Waals surface area contributed by atoms with Crippen LogP contribution in [0.4, 0.5) is 10.5 Å². The molecule has 2 amide bonds. The molecule has 0 unspecified atom stereocenters. The molecule has 0 bridgehead atoms. The van der Waals surface area contributed by atoms with Crippen LogP contribution in [0, 0.1) is 0 Å². The first-order chi connectivity index (χ1) is 8.58. The second kappa shape index (κ2) is 7.46. The van der Waals surface area contributed by atoms with Crippen LogP contribution in [0.2, 0.25) is 10.0 Å². The summed E-state index contributed by atoms with van der Waals surface area (Å²) >= 11 is 11.8. The van der Waals surface area contributed by atoms with Crippen LogP contribution < -0.4 is 5.32 Å². The lowest BCUT2D eigenvalue weighted by Crippen LogP contribution is -2.35. The average Bonchev–Trinajstić information content (AvgIpc) is 2.35. The van der Waals surface area contributed by atoms with Gasteiger partial charge >= 0.3 is 6.03 Å². The molecule has 0 saturated heterocycles. The van der Waals surface area contributed by atoms with Crippen molar-refractivity contribution in [3.8, 4) is 0 Å². The zero-order chi connectivity index (χ0) is 13.5. The minimum atomic E-state index is -0.255. The van der Waals surface area contributed by atoms with E-state index in [0.29, 0.717) is 35.2 Å². The maximum atomic E-state index is 11.9. The van der Waals surface area contributed by atoms with Crippen molar-refractivity contribution in [2.24, 2.45) is 0 Å². The normalized spacial score (nSPS) is 10.2. The fraction of sp³-hybridized carbons (Fsp3) is 0.417. The highest BCUT2D eigenvalue weighted by molar-refractivity contribution is 6.35. The molecule has 0 saturated carbocycles. The van der Waals surface area contributed by atoms with Gasteiger partial charge in [-0.15, -0.1) is 0 Å². The highest BCUT2D eigenvalue weighted by atomic mass is 35.5. The second-order valence-electron chi connectivity index (χ2n) is 3.71. The van der Waals surface area contributed by atoms with E-state index in [1.54, 1.807) is 23.1 Å². The molecule has 1 aromatic carbocycles. The number of amides is 2. The number of anilines is 1. The number of nitrogens with one attached hydrogen (secondary N) is 1. The van der Waals surface area contributed by atoms with Crippen molar-refractivity contribution >= 4 is 34.9 Å². The number of hydrogen-bond acceptors (Lipinski definition) is 2. The molecule has 0 atom stereocenters. The maximum absolute atomic E-state index is 11.9. The van der Waals surface area contributed by atoms with E-state index in [2.05, 4.69) is 5.32 Å². The third-order valence-electron chi connectivity index (χ3n) is 2.43. The van der Waals surface area contributed by atoms with E-state index in [0.717, 1.165) is 0 Å². The molecule has 18 heavy (non-hydrogen) atoms. The van der Waals surface area contributed by atoms with E-state index >= 15 is 0 Å². The summed E-state index contributed by atoms with van der Waals surface area (Å²) in [6.45, 7) is 2.99. The number of carbonyl (C=O) groups excluding carboxylic acids is 1. The molecule has 1 rings (SSSR count). The molecular formula is C12H16Cl2N2O2. The van der Waals surface area contributed by atoms with Gasteiger partial charge in [0, 0.05) is 24.7 Å². The highest BCUT2D eigenvalue weighted by Crippen LogP contribution is 2.25. The Kier molecular flexibility index (Phi) is 6.25. The number of nitrogens with zero attached hydrogens (tertiary/aromatic N) is 1. The van der Waals surface area contributed by atoms with Gasteiger partial charge in [-0.05, 0) is 31.5 Å². The van der Waals surface area contributed by atoms with Gasteiger partial charge < -0.3 is 15.3 Å². The largest absolute Gasteiger partial charge is 0.396 e. The summed E-state index contributed by atoms with van der Waals surface area (Å²) in [6, 6.07) is 4.63. The Bertz CT molecular complexity index is 413. The fourth-order valence-corrected chi connectivity index (χ4v) is 1.79. The Morgan fingerprint density at radius 3 is 2.78 bits per heavy atom. The van der Waals surface area contributed by atoms with Gasteiger partial charge in [0.05, 0.1) is 10.7 Å². The van der Waals surface area contributed by atoms with Crippen molar-refractivity contribution in [1.82, 2.24) is 4.90 Å². The molecule has 4 nitrogen and oxygen atoms in total. The minimum Gasteiger partial charge on any atom is -0.396 e. The van der Waals surface area contributed by atoms with Crippen LogP contribution in [-0.4, -0.2) is 35.7 Å². The maximum Gasteiger partial charge on any atom is 0.321 e. The van der Waals surface area contributed by atoms with Gasteiger partial charge in [-0.2, -0.15) is 0 Å². The molecular weight excluding hydrogens is 275 g/mol. The number of urea groups is 1. The van der Waals surface area contributed by atoms with Gasteiger partial charge in [0.25, 0.3) is 0 Å². The smallest absolute Gasteiger partial charge is 0.321 e. The van der Waals surface area contributed by atoms with Crippen molar-refractivity contribution < 1.29 is 9.90 Å². The number of halogens is 2. The van der Waals surface area contributed by atoms with Crippen LogP contribution in [0.3, 0.4) is 0 Å². The van der Waals surface area contributed by atoms with Crippen molar-refractivity contribution in [1.29, 1.82) is 0 Å². The predicted molar refractivity (Wildman–Crippen MR) is 74.4 cm³/mol. The molecule has 6 heteroatoms. The first-order valence-corrected chi connectivity index (χ1v) is 6.46. The van der Waals surface area contributed by atoms with E-state index in [1.807, 2.05) is 6.92 Å². The Morgan fingerprint density at radius 2 is 2.17 bits per heavy atom. The Morgan fingerprint density at radius 1 is 1.44 bits per heavy atom. The van der Waals surface area contributed by atoms with Crippen LogP contribution in [0.15, 0.2) is 18.2 Å². The van der Waals surface area contributed by atoms with Gasteiger partial charge in [0.15, 0.2) is 0 Å². The summed E-state index contributed by atoms with van der Waals surface area (Å²) in [6.07, 6.45) is 0.546. The molecule has 0 spiro atoms. The first-order valence-electron chi connectivity index (χ1n) is 5.70. The summed E-state index contributed by atoms with van der Waals surface area (Å²) in [4.78, 5) is 13.5. The van der Waals surface area contributed by atoms with Gasteiger partial charge in [0.2, 0.25) is 0 Å². The van der Waals surface area contributed by atoms with Crippen LogP contribution in [0.25, 0.3) is 0 Å². The van der Waals surface area contributed by atoms with E-state index in [9.17, 15) is 4.79 Å². The lowest BCUT2D eigenvalue weighted by Gasteiger charge is -2.21. The first kappa shape index (κ1) is 15.1. The van der Waals surface area contributed by atoms with E-state index in [1.165, 1.54) is 0 Å². The zero-order valence-corrected chi connectivity index (χ0v) is 11.6. The molecule has 1 aromatic rings. The molecule has 0 aromatic heterocycles. The molecule has 0 aliphatic heterocycles. The molecule has 0 radical (unpaired) electrons. The van der Waals surface area contributed by atoms with Gasteiger partial charge in [-0.3, -0.25) is 0 Å². The minimum absolute atomic E-state index is 0.0572. The molecule has 0 fully saturated rings. The summed E-state index contributed by atoms with van der Waals surface area (Å²) in [5.41, 5.74) is 0.483. The van der Waals surface area contributed by atoms with Crippen molar-refractivity contribution in [3.05, 3.63) is 28.2 Å². The summed E-state index contributed by atoms with van der Waals surface area (Å²) in [5.74, 6) is 0. The Balaban J connectivity index is 2.70. The lowest BCUT2D eigenvalue weighted by atomic mass is 10.3. The van der Waals surface area contributed by atoms with Crippen LogP contribution in [-0.2, 0) is 0 Å². The molecule has 0 heterocycles. The fourth-order valence-electron chi connectivity index (χ4n) is 1.45. The summed E-state index contributed by atoms with van der Waals surface area (Å²) in [5, 5.41) is 12.4. The highest BCUT2D eigenvalue weighted by Gasteiger charge is 2.12. The third-order valence-corrected chi connectivity index (χ3v) is 2.99. The Hall–Kier alpha value is -0.970. The molecule has 100 valence electrons. The van der Waals surface area contributed by atoms with Gasteiger partial charge in [0.1, 0.15) is 0 Å². The molecule has 0 aliphatic rings. The lowest BCUT2D eigenvalue weighted by molar-refractivity contribution is 0.205. The SMILES string of the molecule is CCN(CCCO)C(=O)Nc1cc(Cl)ccc1Cl. The monoisotopic (exact) mass is 290 g/mol. The third kappa shape index (κ3) is 4.37. The van der Waals surface area contributed by atoms with Crippen molar-refractivity contribution in [2.45, 2.75) is 13.3 Å². The van der Waals surface area contributed by atoms with Crippen molar-refractivity contribution in [2.75, 3.05) is 25.0 Å². The molecule has 0 aliphatic carbocycles. The number of rotatable bonds is 5. The predicted octanol–water partition coefficient (Wildman–Crippen LogP) is 3.23. The summed E-state index contributed by atoms with van der Waals surface area (Å²) in [7, 11) is 0. The number of benzene rings is 1. The van der Waals surface area contributed by atoms with E-state index in [-0.39, 0.29) is 12.6 Å². The summed E-state index contributed by atoms with van der Waals surface area (Å²) < 4.78 is 0. The second-order valence-corrected chi connectivity index (χ2v) is 4.55. The van der Waals surface area contributed by atoms with Crippen molar-refractivity contribution in [3.63, 3.8) is 0 Å². The van der Waals surface area contributed by atoms with E-state index in [4.69, 9.17) is 28.3 Å². The quantitative estimate of drug-likeness (QED) is 0.875. The van der Waals surface area contributed by atoms with Gasteiger partial charge in [-0.25, -0.2) is 4.79 Å². The Labute approximate surface area is 116 Å². The number of carbonyl (C=O) groups is 1. The van der Waals surface area contributed by atoms with Gasteiger partial charge in [-0.1, -0.05) is 23.2 Å². The number of aliphatic hydroxyl groups is 1. The van der Waals surface area contributed by atoms with Crippen LogP contribution in [0.5, 0.6) is 0 Å². The zero-order valence-electron chi connectivity index (χ0n) is 10.1. The number of hydrogen-bond donors (Lipinski definition) is 2. The van der Waals surface area contributed by atoms with Crippen LogP contribution in [0.1, 0.15) is 13.3 Å². The topological polar surface area (TPSA) is 52.6 Å². The van der Waals surface area contributed by atoms with Crippen LogP contribution >= 0.6 is 23.2 Å². The van der Waals surface area contributed by atoms with E-state index < -0.39 is 0 Å². The number of aliphatic hydroxyl groups excluding tert-OH is 1. The molecule has 2 N–H and O–H groups in total. The average molecular weight is 291 g/mol. The standard InChI is InChI=1S/C12H16Cl2N2O2/c1-2-16(6-3-7-17)12(18)15-11-8-9(13)4-5-10(11)14/h4-5,8,17H,2-3,6-7H2,1H3,(H,15,18).